The van der Waals surface area contributed by atoms with Crippen LogP contribution < -0.4 is 0 Å². The van der Waals surface area contributed by atoms with Gasteiger partial charge in [-0.3, -0.25) is 0 Å². The molecule has 3 heteroatoms. The molecule has 100 valence electrons. The molecule has 0 aliphatic rings. The van der Waals surface area contributed by atoms with Gasteiger partial charge in [-0.15, -0.1) is 11.3 Å². The Balaban J connectivity index is 2.27. The van der Waals surface area contributed by atoms with E-state index in [2.05, 4.69) is 15.9 Å². The van der Waals surface area contributed by atoms with E-state index in [1.165, 1.54) is 0 Å². The fraction of sp³-hybridized carbons (Fsp3) is 0.0588. The maximum atomic E-state index is 11.5. The van der Waals surface area contributed by atoms with Crippen LogP contribution in [0.15, 0.2) is 76.6 Å². The first-order chi connectivity index (χ1) is 9.73. The molecule has 1 aromatic heterocycles. The molecule has 0 atom stereocenters. The van der Waals surface area contributed by atoms with Crippen LogP contribution in [0.1, 0.15) is 16.0 Å². The minimum Gasteiger partial charge on any atom is -0.375 e. The Morgan fingerprint density at radius 2 is 1.30 bits per heavy atom. The largest absolute Gasteiger partial charge is 0.375 e. The Hall–Kier alpha value is -1.42. The van der Waals surface area contributed by atoms with Crippen molar-refractivity contribution in [1.29, 1.82) is 0 Å². The molecule has 1 nitrogen and oxygen atoms in total. The lowest BCUT2D eigenvalue weighted by Gasteiger charge is -2.29. The van der Waals surface area contributed by atoms with Crippen molar-refractivity contribution in [3.8, 4) is 0 Å². The minimum absolute atomic E-state index is 0.870. The van der Waals surface area contributed by atoms with Crippen LogP contribution in [0.2, 0.25) is 0 Å². The normalized spacial score (nSPS) is 11.5. The number of rotatable bonds is 3. The van der Waals surface area contributed by atoms with Gasteiger partial charge in [0.05, 0.1) is 4.88 Å². The highest BCUT2D eigenvalue weighted by atomic mass is 79.9. The van der Waals surface area contributed by atoms with Gasteiger partial charge in [-0.25, -0.2) is 0 Å². The third kappa shape index (κ3) is 2.22. The molecule has 0 aliphatic heterocycles. The molecule has 0 bridgehead atoms. The fourth-order valence-electron chi connectivity index (χ4n) is 2.34. The fourth-order valence-corrected chi connectivity index (χ4v) is 4.14. The van der Waals surface area contributed by atoms with Crippen LogP contribution in [0.5, 0.6) is 0 Å². The highest BCUT2D eigenvalue weighted by Crippen LogP contribution is 2.42. The van der Waals surface area contributed by atoms with Gasteiger partial charge in [0.15, 0.2) is 5.60 Å². The Kier molecular flexibility index (Phi) is 3.74. The van der Waals surface area contributed by atoms with Crippen molar-refractivity contribution in [3.05, 3.63) is 92.6 Å². The molecule has 20 heavy (non-hydrogen) atoms. The first-order valence-corrected chi connectivity index (χ1v) is 7.97. The summed E-state index contributed by atoms with van der Waals surface area (Å²) in [5.41, 5.74) is 0.610. The van der Waals surface area contributed by atoms with E-state index >= 15 is 0 Å². The summed E-state index contributed by atoms with van der Waals surface area (Å²) < 4.78 is 0.928. The van der Waals surface area contributed by atoms with Crippen molar-refractivity contribution in [2.24, 2.45) is 0 Å². The zero-order valence-electron chi connectivity index (χ0n) is 10.7. The van der Waals surface area contributed by atoms with E-state index in [0.717, 1.165) is 20.5 Å². The summed E-state index contributed by atoms with van der Waals surface area (Å²) in [6.45, 7) is 0. The number of benzene rings is 2. The molecule has 0 aliphatic carbocycles. The number of aliphatic hydroxyl groups is 1. The molecule has 0 radical (unpaired) electrons. The summed E-state index contributed by atoms with van der Waals surface area (Å²) in [6.07, 6.45) is 0. The molecule has 3 rings (SSSR count). The van der Waals surface area contributed by atoms with E-state index in [4.69, 9.17) is 0 Å². The number of hydrogen-bond acceptors (Lipinski definition) is 2. The summed E-state index contributed by atoms with van der Waals surface area (Å²) >= 11 is 5.10. The first kappa shape index (κ1) is 13.6. The molecule has 0 amide bonds. The third-order valence-electron chi connectivity index (χ3n) is 3.33. The van der Waals surface area contributed by atoms with Crippen LogP contribution in [0.3, 0.4) is 0 Å². The van der Waals surface area contributed by atoms with Crippen molar-refractivity contribution < 1.29 is 5.11 Å². The quantitative estimate of drug-likeness (QED) is 0.723. The lowest BCUT2D eigenvalue weighted by molar-refractivity contribution is 0.129. The lowest BCUT2D eigenvalue weighted by atomic mass is 9.85. The number of halogens is 1. The van der Waals surface area contributed by atoms with Crippen LogP contribution >= 0.6 is 27.3 Å². The molecule has 0 fully saturated rings. The second-order valence-corrected chi connectivity index (χ2v) is 6.31. The predicted molar refractivity (Wildman–Crippen MR) is 87.0 cm³/mol. The molecule has 0 saturated carbocycles. The van der Waals surface area contributed by atoms with E-state index in [9.17, 15) is 5.11 Å². The van der Waals surface area contributed by atoms with Crippen molar-refractivity contribution in [2.75, 3.05) is 0 Å². The summed E-state index contributed by atoms with van der Waals surface area (Å²) in [5, 5.41) is 13.5. The topological polar surface area (TPSA) is 20.2 Å². The maximum absolute atomic E-state index is 11.5. The van der Waals surface area contributed by atoms with Crippen LogP contribution in [0.25, 0.3) is 0 Å². The van der Waals surface area contributed by atoms with E-state index < -0.39 is 5.60 Å². The minimum atomic E-state index is -1.13. The highest BCUT2D eigenvalue weighted by Gasteiger charge is 2.36. The van der Waals surface area contributed by atoms with Crippen molar-refractivity contribution >= 4 is 27.3 Å². The maximum Gasteiger partial charge on any atom is 0.150 e. The van der Waals surface area contributed by atoms with Gasteiger partial charge in [0, 0.05) is 4.47 Å². The van der Waals surface area contributed by atoms with Crippen LogP contribution in [0.4, 0.5) is 0 Å². The third-order valence-corrected chi connectivity index (χ3v) is 5.28. The van der Waals surface area contributed by atoms with Gasteiger partial charge >= 0.3 is 0 Å². The van der Waals surface area contributed by atoms with Crippen molar-refractivity contribution in [3.63, 3.8) is 0 Å². The zero-order chi connectivity index (χ0) is 14.0. The van der Waals surface area contributed by atoms with Gasteiger partial charge in [0.25, 0.3) is 0 Å². The van der Waals surface area contributed by atoms with Crippen LogP contribution in [-0.4, -0.2) is 5.11 Å². The zero-order valence-corrected chi connectivity index (χ0v) is 13.1. The molecule has 3 aromatic rings. The average Bonchev–Trinajstić information content (AvgIpc) is 2.95. The molecule has 0 unspecified atom stereocenters. The predicted octanol–water partition coefficient (Wildman–Crippen LogP) is 4.79. The van der Waals surface area contributed by atoms with Gasteiger partial charge < -0.3 is 5.11 Å². The second-order valence-electron chi connectivity index (χ2n) is 4.54. The van der Waals surface area contributed by atoms with E-state index in [0.29, 0.717) is 0 Å². The summed E-state index contributed by atoms with van der Waals surface area (Å²) in [6, 6.07) is 21.5. The standard InChI is InChI=1S/C17H13BrOS/c18-15-11-12-20-16(15)17(19,13-7-3-1-4-8-13)14-9-5-2-6-10-14/h1-12,19H. The molecule has 1 heterocycles. The Bertz CT molecular complexity index is 652. The van der Waals surface area contributed by atoms with E-state index in [1.54, 1.807) is 11.3 Å². The van der Waals surface area contributed by atoms with Gasteiger partial charge in [0.2, 0.25) is 0 Å². The van der Waals surface area contributed by atoms with E-state index in [-0.39, 0.29) is 0 Å². The summed E-state index contributed by atoms with van der Waals surface area (Å²) in [7, 11) is 0. The highest BCUT2D eigenvalue weighted by molar-refractivity contribution is 9.10. The Morgan fingerprint density at radius 1 is 0.800 bits per heavy atom. The SMILES string of the molecule is OC(c1ccccc1)(c1ccccc1)c1sccc1Br. The molecule has 1 N–H and O–H groups in total. The van der Waals surface area contributed by atoms with Gasteiger partial charge in [-0.05, 0) is 38.5 Å². The monoisotopic (exact) mass is 344 g/mol. The lowest BCUT2D eigenvalue weighted by Crippen LogP contribution is -2.28. The summed E-state index contributed by atoms with van der Waals surface area (Å²) in [5.74, 6) is 0. The summed E-state index contributed by atoms with van der Waals surface area (Å²) in [4.78, 5) is 0.898. The molecular formula is C17H13BrOS. The molecule has 0 saturated heterocycles. The van der Waals surface area contributed by atoms with E-state index in [1.807, 2.05) is 72.1 Å². The Morgan fingerprint density at radius 3 is 1.70 bits per heavy atom. The molecular weight excluding hydrogens is 332 g/mol. The van der Waals surface area contributed by atoms with Crippen LogP contribution in [-0.2, 0) is 5.60 Å². The second kappa shape index (κ2) is 5.52. The van der Waals surface area contributed by atoms with Gasteiger partial charge in [-0.2, -0.15) is 0 Å². The molecule has 0 spiro atoms. The van der Waals surface area contributed by atoms with Crippen molar-refractivity contribution in [1.82, 2.24) is 0 Å². The first-order valence-electron chi connectivity index (χ1n) is 6.30. The van der Waals surface area contributed by atoms with Gasteiger partial charge in [-0.1, -0.05) is 60.7 Å². The van der Waals surface area contributed by atoms with Gasteiger partial charge in [0.1, 0.15) is 0 Å². The smallest absolute Gasteiger partial charge is 0.150 e. The van der Waals surface area contributed by atoms with Crippen molar-refractivity contribution in [2.45, 2.75) is 5.60 Å². The number of thiophene rings is 1. The van der Waals surface area contributed by atoms with Crippen LogP contribution in [0, 0.1) is 0 Å². The number of hydrogen-bond donors (Lipinski definition) is 1. The molecule has 2 aromatic carbocycles. The Labute approximate surface area is 130 Å². The average molecular weight is 345 g/mol.